The van der Waals surface area contributed by atoms with Crippen molar-refractivity contribution < 1.29 is 14.3 Å². The SMILES string of the molecule is C#CC1(OC(=O)CCCCCC)CCC2C3CCC4=CC(=O)CCC4C3CCC21CC. The van der Waals surface area contributed by atoms with Crippen molar-refractivity contribution in [3.05, 3.63) is 11.6 Å². The fourth-order valence-corrected chi connectivity index (χ4v) is 8.06. The molecule has 3 nitrogen and oxygen atoms in total. The van der Waals surface area contributed by atoms with Gasteiger partial charge >= 0.3 is 5.97 Å². The Labute approximate surface area is 188 Å². The number of fused-ring (bicyclic) bond motifs is 5. The maximum Gasteiger partial charge on any atom is 0.307 e. The molecular formula is C28H40O3. The van der Waals surface area contributed by atoms with E-state index < -0.39 is 5.60 Å². The molecule has 0 saturated heterocycles. The van der Waals surface area contributed by atoms with Gasteiger partial charge < -0.3 is 4.74 Å². The van der Waals surface area contributed by atoms with Gasteiger partial charge in [0.05, 0.1) is 0 Å². The first-order chi connectivity index (χ1) is 15.0. The minimum Gasteiger partial charge on any atom is -0.445 e. The summed E-state index contributed by atoms with van der Waals surface area (Å²) >= 11 is 0. The average molecular weight is 425 g/mol. The summed E-state index contributed by atoms with van der Waals surface area (Å²) in [4.78, 5) is 24.8. The zero-order valence-electron chi connectivity index (χ0n) is 19.6. The summed E-state index contributed by atoms with van der Waals surface area (Å²) in [5.74, 6) is 5.75. The van der Waals surface area contributed by atoms with Gasteiger partial charge in [0.2, 0.25) is 0 Å². The van der Waals surface area contributed by atoms with Crippen LogP contribution in [0.5, 0.6) is 0 Å². The second-order valence-electron chi connectivity index (χ2n) is 10.6. The lowest BCUT2D eigenvalue weighted by atomic mass is 9.49. The molecule has 0 aliphatic heterocycles. The maximum absolute atomic E-state index is 12.8. The normalized spacial score (nSPS) is 39.0. The Hall–Kier alpha value is -1.56. The zero-order chi connectivity index (χ0) is 22.1. The number of carbonyl (C=O) groups is 2. The smallest absolute Gasteiger partial charge is 0.307 e. The van der Waals surface area contributed by atoms with Gasteiger partial charge in [-0.1, -0.05) is 44.6 Å². The lowest BCUT2D eigenvalue weighted by Gasteiger charge is -2.56. The molecule has 0 amide bonds. The van der Waals surface area contributed by atoms with Crippen molar-refractivity contribution in [1.82, 2.24) is 0 Å². The summed E-state index contributed by atoms with van der Waals surface area (Å²) < 4.78 is 6.26. The monoisotopic (exact) mass is 424 g/mol. The van der Waals surface area contributed by atoms with Gasteiger partial charge in [0.15, 0.2) is 11.4 Å². The highest BCUT2D eigenvalue weighted by Gasteiger charge is 2.65. The molecule has 3 saturated carbocycles. The molecule has 0 radical (unpaired) electrons. The van der Waals surface area contributed by atoms with Crippen LogP contribution in [0.1, 0.15) is 104 Å². The first kappa shape index (κ1) is 22.6. The highest BCUT2D eigenvalue weighted by Crippen LogP contribution is 2.67. The van der Waals surface area contributed by atoms with Crippen LogP contribution >= 0.6 is 0 Å². The van der Waals surface area contributed by atoms with Crippen LogP contribution in [-0.2, 0) is 14.3 Å². The van der Waals surface area contributed by atoms with Crippen LogP contribution in [0.15, 0.2) is 11.6 Å². The Bertz CT molecular complexity index is 774. The topological polar surface area (TPSA) is 43.4 Å². The summed E-state index contributed by atoms with van der Waals surface area (Å²) in [7, 11) is 0. The molecular weight excluding hydrogens is 384 g/mol. The third-order valence-corrected chi connectivity index (χ3v) is 9.51. The van der Waals surface area contributed by atoms with E-state index in [0.29, 0.717) is 42.3 Å². The number of terminal acetylenes is 1. The van der Waals surface area contributed by atoms with E-state index in [1.807, 2.05) is 6.08 Å². The highest BCUT2D eigenvalue weighted by molar-refractivity contribution is 5.91. The number of hydrogen-bond donors (Lipinski definition) is 0. The van der Waals surface area contributed by atoms with E-state index in [1.54, 1.807) is 0 Å². The number of ketones is 1. The van der Waals surface area contributed by atoms with Gasteiger partial charge in [-0.3, -0.25) is 9.59 Å². The van der Waals surface area contributed by atoms with E-state index in [9.17, 15) is 9.59 Å². The van der Waals surface area contributed by atoms with E-state index in [2.05, 4.69) is 19.8 Å². The molecule has 0 aromatic heterocycles. The van der Waals surface area contributed by atoms with Gasteiger partial charge in [-0.15, -0.1) is 6.42 Å². The second kappa shape index (κ2) is 9.13. The number of ether oxygens (including phenoxy) is 1. The summed E-state index contributed by atoms with van der Waals surface area (Å²) in [6, 6.07) is 0. The Morgan fingerprint density at radius 1 is 1.10 bits per heavy atom. The Morgan fingerprint density at radius 3 is 2.68 bits per heavy atom. The van der Waals surface area contributed by atoms with E-state index in [4.69, 9.17) is 11.2 Å². The Kier molecular flexibility index (Phi) is 6.66. The molecule has 31 heavy (non-hydrogen) atoms. The van der Waals surface area contributed by atoms with Crippen molar-refractivity contribution in [2.24, 2.45) is 29.1 Å². The first-order valence-corrected chi connectivity index (χ1v) is 12.9. The van der Waals surface area contributed by atoms with E-state index >= 15 is 0 Å². The van der Waals surface area contributed by atoms with Crippen LogP contribution in [0.25, 0.3) is 0 Å². The molecule has 0 aromatic carbocycles. The lowest BCUT2D eigenvalue weighted by molar-refractivity contribution is -0.173. The molecule has 6 unspecified atom stereocenters. The van der Waals surface area contributed by atoms with Crippen molar-refractivity contribution >= 4 is 11.8 Å². The second-order valence-corrected chi connectivity index (χ2v) is 10.6. The molecule has 0 aromatic rings. The molecule has 4 aliphatic carbocycles. The maximum atomic E-state index is 12.8. The summed E-state index contributed by atoms with van der Waals surface area (Å²) in [6.45, 7) is 4.44. The molecule has 0 bridgehead atoms. The van der Waals surface area contributed by atoms with Gasteiger partial charge in [-0.2, -0.15) is 0 Å². The molecule has 4 aliphatic rings. The van der Waals surface area contributed by atoms with Crippen LogP contribution in [0.2, 0.25) is 0 Å². The van der Waals surface area contributed by atoms with Gasteiger partial charge in [0.25, 0.3) is 0 Å². The standard InChI is InChI=1S/C28H40O3/c1-4-7-8-9-10-26(30)31-28(6-3)18-16-25-24-13-11-20-19-21(29)12-14-22(20)23(24)15-17-27(25,28)5-2/h3,19,22-25H,4-5,7-18H2,1-2H3. The van der Waals surface area contributed by atoms with Crippen molar-refractivity contribution in [3.63, 3.8) is 0 Å². The molecule has 4 rings (SSSR count). The number of esters is 1. The van der Waals surface area contributed by atoms with Gasteiger partial charge in [0.1, 0.15) is 0 Å². The Balaban J connectivity index is 1.53. The number of rotatable bonds is 7. The molecule has 0 N–H and O–H groups in total. The Morgan fingerprint density at radius 2 is 1.94 bits per heavy atom. The number of allylic oxidation sites excluding steroid dienone is 1. The van der Waals surface area contributed by atoms with Crippen LogP contribution in [0.4, 0.5) is 0 Å². The number of hydrogen-bond acceptors (Lipinski definition) is 3. The highest BCUT2D eigenvalue weighted by atomic mass is 16.6. The minimum atomic E-state index is -0.724. The summed E-state index contributed by atoms with van der Waals surface area (Å²) in [6.07, 6.45) is 22.0. The fourth-order valence-electron chi connectivity index (χ4n) is 8.06. The van der Waals surface area contributed by atoms with Crippen LogP contribution < -0.4 is 0 Å². The molecule has 0 spiro atoms. The fraction of sp³-hybridized carbons (Fsp3) is 0.786. The van der Waals surface area contributed by atoms with Crippen LogP contribution in [0, 0.1) is 41.4 Å². The van der Waals surface area contributed by atoms with E-state index in [0.717, 1.165) is 64.2 Å². The third kappa shape index (κ3) is 3.79. The van der Waals surface area contributed by atoms with Gasteiger partial charge in [0, 0.05) is 18.3 Å². The lowest BCUT2D eigenvalue weighted by Crippen LogP contribution is -2.55. The van der Waals surface area contributed by atoms with E-state index in [1.165, 1.54) is 18.4 Å². The van der Waals surface area contributed by atoms with Gasteiger partial charge in [-0.05, 0) is 87.5 Å². The van der Waals surface area contributed by atoms with Gasteiger partial charge in [-0.25, -0.2) is 0 Å². The predicted octanol–water partition coefficient (Wildman–Crippen LogP) is 6.40. The molecule has 0 heterocycles. The number of unbranched alkanes of at least 4 members (excludes halogenated alkanes) is 3. The van der Waals surface area contributed by atoms with Crippen molar-refractivity contribution in [2.75, 3.05) is 0 Å². The third-order valence-electron chi connectivity index (χ3n) is 9.51. The molecule has 6 atom stereocenters. The van der Waals surface area contributed by atoms with Crippen LogP contribution in [0.3, 0.4) is 0 Å². The molecule has 3 heteroatoms. The first-order valence-electron chi connectivity index (χ1n) is 12.9. The minimum absolute atomic E-state index is 0.0757. The molecule has 3 fully saturated rings. The van der Waals surface area contributed by atoms with E-state index in [-0.39, 0.29) is 11.4 Å². The quantitative estimate of drug-likeness (QED) is 0.270. The summed E-state index contributed by atoms with van der Waals surface area (Å²) in [5, 5.41) is 0. The largest absolute Gasteiger partial charge is 0.445 e. The van der Waals surface area contributed by atoms with Crippen molar-refractivity contribution in [1.29, 1.82) is 0 Å². The molecule has 170 valence electrons. The van der Waals surface area contributed by atoms with Crippen molar-refractivity contribution in [2.45, 2.75) is 109 Å². The number of carbonyl (C=O) groups excluding carboxylic acids is 2. The van der Waals surface area contributed by atoms with Crippen LogP contribution in [-0.4, -0.2) is 17.4 Å². The predicted molar refractivity (Wildman–Crippen MR) is 123 cm³/mol. The average Bonchev–Trinajstić information content (AvgIpc) is 3.11. The van der Waals surface area contributed by atoms with Crippen molar-refractivity contribution in [3.8, 4) is 12.3 Å². The zero-order valence-corrected chi connectivity index (χ0v) is 19.6. The summed E-state index contributed by atoms with van der Waals surface area (Å²) in [5.41, 5.74) is 0.618.